The standard InChI is InChI=1S/C22H24N4OS2/c1-22(2)17-9-5-6-10-18(17)25(3)19(22)12-15(27)14-29-21-24-23-20(26(21)4)13-16-8-7-11-28-16/h5-12H,13-14H2,1-4H3. The minimum atomic E-state index is -0.190. The summed E-state index contributed by atoms with van der Waals surface area (Å²) in [5, 5.41) is 11.4. The van der Waals surface area contributed by atoms with Crippen LogP contribution in [0.3, 0.4) is 0 Å². The lowest BCUT2D eigenvalue weighted by Crippen LogP contribution is -2.24. The van der Waals surface area contributed by atoms with Crippen LogP contribution in [0.2, 0.25) is 0 Å². The van der Waals surface area contributed by atoms with Gasteiger partial charge in [-0.2, -0.15) is 0 Å². The van der Waals surface area contributed by atoms with Crippen molar-refractivity contribution in [1.29, 1.82) is 0 Å². The molecule has 0 saturated carbocycles. The molecule has 0 N–H and O–H groups in total. The summed E-state index contributed by atoms with van der Waals surface area (Å²) in [5.41, 5.74) is 3.25. The van der Waals surface area contributed by atoms with Crippen LogP contribution in [0, 0.1) is 0 Å². The third-order valence-electron chi connectivity index (χ3n) is 5.42. The van der Waals surface area contributed by atoms with Crippen LogP contribution in [0.5, 0.6) is 0 Å². The molecule has 0 saturated heterocycles. The second-order valence-electron chi connectivity index (χ2n) is 7.70. The predicted octanol–water partition coefficient (Wildman–Crippen LogP) is 4.44. The van der Waals surface area contributed by atoms with Gasteiger partial charge in [0, 0.05) is 48.3 Å². The summed E-state index contributed by atoms with van der Waals surface area (Å²) in [6, 6.07) is 12.5. The summed E-state index contributed by atoms with van der Waals surface area (Å²) < 4.78 is 1.98. The molecular formula is C22H24N4OS2. The highest BCUT2D eigenvalue weighted by molar-refractivity contribution is 7.99. The Kier molecular flexibility index (Phi) is 5.36. The Bertz CT molecular complexity index is 1070. The van der Waals surface area contributed by atoms with Gasteiger partial charge in [0.1, 0.15) is 5.82 Å². The van der Waals surface area contributed by atoms with Crippen LogP contribution < -0.4 is 4.90 Å². The Morgan fingerprint density at radius 3 is 2.69 bits per heavy atom. The number of fused-ring (bicyclic) bond motifs is 1. The molecular weight excluding hydrogens is 400 g/mol. The molecule has 0 atom stereocenters. The highest BCUT2D eigenvalue weighted by atomic mass is 32.2. The molecule has 0 spiro atoms. The van der Waals surface area contributed by atoms with Gasteiger partial charge < -0.3 is 9.47 Å². The Morgan fingerprint density at radius 1 is 1.17 bits per heavy atom. The normalized spacial score (nSPS) is 16.4. The maximum atomic E-state index is 12.8. The van der Waals surface area contributed by atoms with Gasteiger partial charge in [0.25, 0.3) is 0 Å². The van der Waals surface area contributed by atoms with E-state index in [0.29, 0.717) is 5.75 Å². The van der Waals surface area contributed by atoms with E-state index in [1.165, 1.54) is 22.2 Å². The van der Waals surface area contributed by atoms with E-state index in [4.69, 9.17) is 0 Å². The van der Waals surface area contributed by atoms with Crippen LogP contribution in [0.1, 0.15) is 30.1 Å². The lowest BCUT2D eigenvalue weighted by Gasteiger charge is -2.23. The first-order chi connectivity index (χ1) is 13.9. The van der Waals surface area contributed by atoms with Crippen molar-refractivity contribution in [1.82, 2.24) is 14.8 Å². The molecule has 0 fully saturated rings. The minimum absolute atomic E-state index is 0.0838. The first-order valence-electron chi connectivity index (χ1n) is 9.49. The first kappa shape index (κ1) is 19.9. The number of benzene rings is 1. The van der Waals surface area contributed by atoms with Gasteiger partial charge in [-0.1, -0.05) is 49.9 Å². The van der Waals surface area contributed by atoms with Crippen molar-refractivity contribution >= 4 is 34.6 Å². The molecule has 0 bridgehead atoms. The van der Waals surface area contributed by atoms with Crippen molar-refractivity contribution in [3.63, 3.8) is 0 Å². The maximum Gasteiger partial charge on any atom is 0.191 e. The summed E-state index contributed by atoms with van der Waals surface area (Å²) in [5.74, 6) is 1.34. The van der Waals surface area contributed by atoms with Crippen LogP contribution in [0.4, 0.5) is 5.69 Å². The van der Waals surface area contributed by atoms with E-state index in [1.807, 2.05) is 30.8 Å². The molecule has 5 nitrogen and oxygen atoms in total. The number of ketones is 1. The Balaban J connectivity index is 1.45. The Labute approximate surface area is 179 Å². The largest absolute Gasteiger partial charge is 0.347 e. The molecule has 1 aliphatic rings. The molecule has 0 unspecified atom stereocenters. The van der Waals surface area contributed by atoms with E-state index in [0.717, 1.165) is 28.8 Å². The van der Waals surface area contributed by atoms with Crippen molar-refractivity contribution in [3.05, 3.63) is 69.8 Å². The average Bonchev–Trinajstić information content (AvgIpc) is 3.38. The molecule has 29 heavy (non-hydrogen) atoms. The number of thioether (sulfide) groups is 1. The van der Waals surface area contributed by atoms with Crippen molar-refractivity contribution in [2.75, 3.05) is 17.7 Å². The van der Waals surface area contributed by atoms with Crippen LogP contribution in [0.15, 0.2) is 58.7 Å². The van der Waals surface area contributed by atoms with Gasteiger partial charge in [0.2, 0.25) is 0 Å². The number of hydrogen-bond acceptors (Lipinski definition) is 6. The average molecular weight is 425 g/mol. The van der Waals surface area contributed by atoms with Gasteiger partial charge in [-0.3, -0.25) is 4.79 Å². The quantitative estimate of drug-likeness (QED) is 0.432. The zero-order valence-corrected chi connectivity index (χ0v) is 18.7. The van der Waals surface area contributed by atoms with Gasteiger partial charge in [-0.05, 0) is 23.1 Å². The molecule has 0 amide bonds. The smallest absolute Gasteiger partial charge is 0.191 e. The van der Waals surface area contributed by atoms with E-state index in [9.17, 15) is 4.79 Å². The molecule has 7 heteroatoms. The van der Waals surface area contributed by atoms with Crippen molar-refractivity contribution in [2.45, 2.75) is 30.8 Å². The second kappa shape index (κ2) is 7.80. The molecule has 150 valence electrons. The summed E-state index contributed by atoms with van der Waals surface area (Å²) in [6.07, 6.45) is 2.55. The van der Waals surface area contributed by atoms with Gasteiger partial charge in [-0.25, -0.2) is 0 Å². The molecule has 4 rings (SSSR count). The predicted molar refractivity (Wildman–Crippen MR) is 120 cm³/mol. The molecule has 0 radical (unpaired) electrons. The van der Waals surface area contributed by atoms with Gasteiger partial charge >= 0.3 is 0 Å². The number of anilines is 1. The van der Waals surface area contributed by atoms with Crippen LogP contribution in [-0.2, 0) is 23.7 Å². The number of carbonyl (C=O) groups excluding carboxylic acids is 1. The topological polar surface area (TPSA) is 51.0 Å². The second-order valence-corrected chi connectivity index (χ2v) is 9.67. The summed E-state index contributed by atoms with van der Waals surface area (Å²) in [6.45, 7) is 4.34. The number of likely N-dealkylation sites (N-methyl/N-ethyl adjacent to an activating group) is 1. The lowest BCUT2D eigenvalue weighted by atomic mass is 9.83. The van der Waals surface area contributed by atoms with Gasteiger partial charge in [0.05, 0.1) is 5.75 Å². The summed E-state index contributed by atoms with van der Waals surface area (Å²) in [7, 11) is 3.98. The monoisotopic (exact) mass is 424 g/mol. The summed E-state index contributed by atoms with van der Waals surface area (Å²) >= 11 is 3.15. The molecule has 1 aromatic carbocycles. The Morgan fingerprint density at radius 2 is 1.97 bits per heavy atom. The number of allylic oxidation sites excluding steroid dienone is 2. The molecule has 0 aliphatic carbocycles. The lowest BCUT2D eigenvalue weighted by molar-refractivity contribution is -0.112. The van der Waals surface area contributed by atoms with E-state index in [2.05, 4.69) is 58.6 Å². The number of rotatable bonds is 6. The van der Waals surface area contributed by atoms with E-state index < -0.39 is 0 Å². The number of aromatic nitrogens is 3. The Hall–Kier alpha value is -2.38. The molecule has 1 aliphatic heterocycles. The van der Waals surface area contributed by atoms with E-state index in [1.54, 1.807) is 17.4 Å². The fourth-order valence-electron chi connectivity index (χ4n) is 3.78. The molecule has 3 aromatic rings. The number of hydrogen-bond donors (Lipinski definition) is 0. The highest BCUT2D eigenvalue weighted by Crippen LogP contribution is 2.46. The number of para-hydroxylation sites is 1. The maximum absolute atomic E-state index is 12.8. The van der Waals surface area contributed by atoms with E-state index >= 15 is 0 Å². The van der Waals surface area contributed by atoms with Crippen LogP contribution in [-0.4, -0.2) is 33.3 Å². The van der Waals surface area contributed by atoms with E-state index in [-0.39, 0.29) is 11.2 Å². The van der Waals surface area contributed by atoms with Crippen molar-refractivity contribution < 1.29 is 4.79 Å². The minimum Gasteiger partial charge on any atom is -0.347 e. The third-order valence-corrected chi connectivity index (χ3v) is 7.34. The number of carbonyl (C=O) groups is 1. The number of nitrogens with zero attached hydrogens (tertiary/aromatic N) is 4. The highest BCUT2D eigenvalue weighted by Gasteiger charge is 2.38. The van der Waals surface area contributed by atoms with Gasteiger partial charge in [-0.15, -0.1) is 21.5 Å². The van der Waals surface area contributed by atoms with Crippen LogP contribution >= 0.6 is 23.1 Å². The van der Waals surface area contributed by atoms with Crippen LogP contribution in [0.25, 0.3) is 0 Å². The fraction of sp³-hybridized carbons (Fsp3) is 0.318. The SMILES string of the molecule is CN1C(=CC(=O)CSc2nnc(Cc3cccs3)n2C)C(C)(C)c2ccccc21. The fourth-order valence-corrected chi connectivity index (χ4v) is 5.24. The zero-order chi connectivity index (χ0) is 20.6. The van der Waals surface area contributed by atoms with Crippen molar-refractivity contribution in [2.24, 2.45) is 7.05 Å². The number of thiophene rings is 1. The van der Waals surface area contributed by atoms with Gasteiger partial charge in [0.15, 0.2) is 10.9 Å². The molecule has 3 heterocycles. The zero-order valence-electron chi connectivity index (χ0n) is 17.0. The van der Waals surface area contributed by atoms with Crippen molar-refractivity contribution in [3.8, 4) is 0 Å². The third kappa shape index (κ3) is 3.76. The summed E-state index contributed by atoms with van der Waals surface area (Å²) in [4.78, 5) is 16.1. The first-order valence-corrected chi connectivity index (χ1v) is 11.4. The molecule has 2 aromatic heterocycles.